The normalized spacial score (nSPS) is 12.6. The summed E-state index contributed by atoms with van der Waals surface area (Å²) in [6.45, 7) is 5.42. The molecule has 0 bridgehead atoms. The van der Waals surface area contributed by atoms with Crippen LogP contribution in [-0.4, -0.2) is 13.2 Å². The number of benzene rings is 2. The maximum Gasteiger partial charge on any atom is 0.126 e. The van der Waals surface area contributed by atoms with Crippen LogP contribution in [0.5, 0.6) is 5.75 Å². The number of hydrogen-bond donors (Lipinski definition) is 1. The van der Waals surface area contributed by atoms with Crippen molar-refractivity contribution in [2.45, 2.75) is 45.7 Å². The molecular formula is C18H25NO. The summed E-state index contributed by atoms with van der Waals surface area (Å²) < 4.78 is 5.44. The van der Waals surface area contributed by atoms with E-state index in [1.807, 2.05) is 0 Å². The number of hydrogen-bond acceptors (Lipinski definition) is 2. The molecule has 1 N–H and O–H groups in total. The van der Waals surface area contributed by atoms with Crippen LogP contribution in [-0.2, 0) is 6.54 Å². The number of fused-ring (bicyclic) bond motifs is 1. The fraction of sp³-hybridized carbons (Fsp3) is 0.444. The van der Waals surface area contributed by atoms with Crippen LogP contribution in [0, 0.1) is 0 Å². The van der Waals surface area contributed by atoms with Gasteiger partial charge in [-0.25, -0.2) is 0 Å². The van der Waals surface area contributed by atoms with Gasteiger partial charge < -0.3 is 10.1 Å². The van der Waals surface area contributed by atoms with Gasteiger partial charge in [0.2, 0.25) is 0 Å². The van der Waals surface area contributed by atoms with Crippen LogP contribution in [0.15, 0.2) is 36.4 Å². The first-order chi connectivity index (χ1) is 9.76. The maximum atomic E-state index is 5.44. The zero-order chi connectivity index (χ0) is 14.4. The molecular weight excluding hydrogens is 246 g/mol. The zero-order valence-corrected chi connectivity index (χ0v) is 12.8. The van der Waals surface area contributed by atoms with Gasteiger partial charge in [-0.15, -0.1) is 0 Å². The summed E-state index contributed by atoms with van der Waals surface area (Å²) in [5.41, 5.74) is 1.34. The Hall–Kier alpha value is -1.54. The van der Waals surface area contributed by atoms with Crippen molar-refractivity contribution in [1.29, 1.82) is 0 Å². The highest BCUT2D eigenvalue weighted by Crippen LogP contribution is 2.28. The average molecular weight is 271 g/mol. The van der Waals surface area contributed by atoms with E-state index in [1.54, 1.807) is 7.11 Å². The van der Waals surface area contributed by atoms with Gasteiger partial charge >= 0.3 is 0 Å². The summed E-state index contributed by atoms with van der Waals surface area (Å²) in [6, 6.07) is 13.2. The first-order valence-corrected chi connectivity index (χ1v) is 7.54. The van der Waals surface area contributed by atoms with Gasteiger partial charge in [0.05, 0.1) is 7.11 Å². The third-order valence-electron chi connectivity index (χ3n) is 3.83. The van der Waals surface area contributed by atoms with Crippen molar-refractivity contribution in [2.75, 3.05) is 7.11 Å². The van der Waals surface area contributed by atoms with Crippen LogP contribution in [0.1, 0.15) is 38.7 Å². The van der Waals surface area contributed by atoms with E-state index < -0.39 is 0 Å². The molecule has 0 aromatic heterocycles. The highest BCUT2D eigenvalue weighted by molar-refractivity contribution is 5.91. The van der Waals surface area contributed by atoms with E-state index >= 15 is 0 Å². The fourth-order valence-electron chi connectivity index (χ4n) is 2.56. The summed E-state index contributed by atoms with van der Waals surface area (Å²) in [7, 11) is 1.73. The van der Waals surface area contributed by atoms with Crippen molar-refractivity contribution in [3.8, 4) is 5.75 Å². The van der Waals surface area contributed by atoms with Crippen molar-refractivity contribution in [3.63, 3.8) is 0 Å². The Balaban J connectivity index is 2.14. The van der Waals surface area contributed by atoms with Gasteiger partial charge in [0.25, 0.3) is 0 Å². The molecule has 1 atom stereocenters. The van der Waals surface area contributed by atoms with Gasteiger partial charge in [0.1, 0.15) is 5.75 Å². The Labute approximate surface area is 122 Å². The third-order valence-corrected chi connectivity index (χ3v) is 3.83. The third kappa shape index (κ3) is 3.51. The Morgan fingerprint density at radius 1 is 1.10 bits per heavy atom. The van der Waals surface area contributed by atoms with E-state index in [1.165, 1.54) is 35.6 Å². The lowest BCUT2D eigenvalue weighted by Crippen LogP contribution is -2.25. The number of rotatable bonds is 7. The first-order valence-electron chi connectivity index (χ1n) is 7.54. The molecule has 2 rings (SSSR count). The standard InChI is InChI=1S/C18H25NO/c1-4-5-8-14(2)19-13-15-11-12-18(20-3)17-10-7-6-9-16(15)17/h6-7,9-12,14,19H,4-5,8,13H2,1-3H3. The molecule has 0 spiro atoms. The first kappa shape index (κ1) is 14.9. The topological polar surface area (TPSA) is 21.3 Å². The number of nitrogens with one attached hydrogen (secondary N) is 1. The maximum absolute atomic E-state index is 5.44. The van der Waals surface area contributed by atoms with E-state index in [4.69, 9.17) is 4.74 Å². The lowest BCUT2D eigenvalue weighted by atomic mass is 10.0. The van der Waals surface area contributed by atoms with E-state index in [-0.39, 0.29) is 0 Å². The molecule has 0 aliphatic heterocycles. The molecule has 20 heavy (non-hydrogen) atoms. The summed E-state index contributed by atoms with van der Waals surface area (Å²) >= 11 is 0. The van der Waals surface area contributed by atoms with Gasteiger partial charge in [-0.2, -0.15) is 0 Å². The smallest absolute Gasteiger partial charge is 0.126 e. The molecule has 2 heteroatoms. The van der Waals surface area contributed by atoms with Crippen molar-refractivity contribution in [3.05, 3.63) is 42.0 Å². The monoisotopic (exact) mass is 271 g/mol. The number of unbranched alkanes of at least 4 members (excludes halogenated alkanes) is 1. The van der Waals surface area contributed by atoms with Crippen LogP contribution >= 0.6 is 0 Å². The molecule has 1 unspecified atom stereocenters. The second kappa shape index (κ2) is 7.30. The minimum Gasteiger partial charge on any atom is -0.496 e. The van der Waals surface area contributed by atoms with E-state index in [2.05, 4.69) is 55.6 Å². The lowest BCUT2D eigenvalue weighted by Gasteiger charge is -2.15. The Bertz CT molecular complexity index is 550. The minimum absolute atomic E-state index is 0.566. The lowest BCUT2D eigenvalue weighted by molar-refractivity contribution is 0.419. The van der Waals surface area contributed by atoms with Crippen molar-refractivity contribution < 1.29 is 4.74 Å². The summed E-state index contributed by atoms with van der Waals surface area (Å²) in [5, 5.41) is 6.09. The van der Waals surface area contributed by atoms with Gasteiger partial charge in [-0.1, -0.05) is 50.1 Å². The quantitative estimate of drug-likeness (QED) is 0.799. The Morgan fingerprint density at radius 2 is 1.85 bits per heavy atom. The molecule has 0 aliphatic carbocycles. The molecule has 0 heterocycles. The van der Waals surface area contributed by atoms with Crippen LogP contribution in [0.25, 0.3) is 10.8 Å². The molecule has 0 saturated carbocycles. The molecule has 2 aromatic rings. The highest BCUT2D eigenvalue weighted by atomic mass is 16.5. The van der Waals surface area contributed by atoms with Gasteiger partial charge in [0.15, 0.2) is 0 Å². The predicted molar refractivity (Wildman–Crippen MR) is 86.3 cm³/mol. The molecule has 0 saturated heterocycles. The molecule has 108 valence electrons. The van der Waals surface area contributed by atoms with E-state index in [0.717, 1.165) is 12.3 Å². The molecule has 0 aliphatic rings. The van der Waals surface area contributed by atoms with Crippen LogP contribution < -0.4 is 10.1 Å². The van der Waals surface area contributed by atoms with Crippen molar-refractivity contribution in [2.24, 2.45) is 0 Å². The molecule has 0 amide bonds. The van der Waals surface area contributed by atoms with Gasteiger partial charge in [-0.05, 0) is 30.4 Å². The predicted octanol–water partition coefficient (Wildman–Crippen LogP) is 4.52. The highest BCUT2D eigenvalue weighted by Gasteiger charge is 2.07. The second-order valence-electron chi connectivity index (χ2n) is 5.40. The van der Waals surface area contributed by atoms with E-state index in [0.29, 0.717) is 6.04 Å². The number of ether oxygens (including phenoxy) is 1. The van der Waals surface area contributed by atoms with Gasteiger partial charge in [-0.3, -0.25) is 0 Å². The Morgan fingerprint density at radius 3 is 2.55 bits per heavy atom. The summed E-state index contributed by atoms with van der Waals surface area (Å²) in [5.74, 6) is 0.948. The SMILES string of the molecule is CCCCC(C)NCc1ccc(OC)c2ccccc12. The van der Waals surface area contributed by atoms with Crippen LogP contribution in [0.3, 0.4) is 0 Å². The Kier molecular flexibility index (Phi) is 5.42. The second-order valence-corrected chi connectivity index (χ2v) is 5.40. The molecule has 0 radical (unpaired) electrons. The van der Waals surface area contributed by atoms with Crippen LogP contribution in [0.2, 0.25) is 0 Å². The molecule has 2 nitrogen and oxygen atoms in total. The zero-order valence-electron chi connectivity index (χ0n) is 12.8. The molecule has 2 aromatic carbocycles. The summed E-state index contributed by atoms with van der Waals surface area (Å²) in [4.78, 5) is 0. The average Bonchev–Trinajstić information content (AvgIpc) is 2.50. The fourth-order valence-corrected chi connectivity index (χ4v) is 2.56. The van der Waals surface area contributed by atoms with Crippen molar-refractivity contribution >= 4 is 10.8 Å². The largest absolute Gasteiger partial charge is 0.496 e. The number of methoxy groups -OCH3 is 1. The molecule has 0 fully saturated rings. The van der Waals surface area contributed by atoms with Gasteiger partial charge in [0, 0.05) is 18.0 Å². The minimum atomic E-state index is 0.566. The summed E-state index contributed by atoms with van der Waals surface area (Å²) in [6.07, 6.45) is 3.79. The van der Waals surface area contributed by atoms with Crippen LogP contribution in [0.4, 0.5) is 0 Å². The van der Waals surface area contributed by atoms with E-state index in [9.17, 15) is 0 Å². The van der Waals surface area contributed by atoms with Crippen molar-refractivity contribution in [1.82, 2.24) is 5.32 Å².